The van der Waals surface area contributed by atoms with Crippen LogP contribution in [0.2, 0.25) is 0 Å². The largest absolute Gasteiger partial charge is 0.452 e. The number of ether oxygens (including phenoxy) is 1. The molecule has 1 aromatic heterocycles. The van der Waals surface area contributed by atoms with Crippen LogP contribution < -0.4 is 0 Å². The van der Waals surface area contributed by atoms with Crippen LogP contribution in [0.4, 0.5) is 0 Å². The lowest BCUT2D eigenvalue weighted by Gasteiger charge is -2.14. The molecule has 0 bridgehead atoms. The van der Waals surface area contributed by atoms with Gasteiger partial charge in [0.1, 0.15) is 0 Å². The SMILES string of the molecule is O=C(OCC(=O)N1CCCC1)c1ccc2ncsc2c1. The van der Waals surface area contributed by atoms with Gasteiger partial charge >= 0.3 is 5.97 Å². The molecule has 104 valence electrons. The zero-order valence-corrected chi connectivity index (χ0v) is 11.7. The van der Waals surface area contributed by atoms with E-state index >= 15 is 0 Å². The maximum atomic E-state index is 11.9. The molecule has 1 aliphatic heterocycles. The molecule has 5 nitrogen and oxygen atoms in total. The van der Waals surface area contributed by atoms with Crippen molar-refractivity contribution in [2.24, 2.45) is 0 Å². The molecule has 3 rings (SSSR count). The molecule has 1 amide bonds. The average Bonchev–Trinajstić information content (AvgIpc) is 3.13. The third kappa shape index (κ3) is 2.65. The summed E-state index contributed by atoms with van der Waals surface area (Å²) in [6.45, 7) is 1.35. The number of benzene rings is 1. The van der Waals surface area contributed by atoms with E-state index in [1.54, 1.807) is 28.6 Å². The van der Waals surface area contributed by atoms with Crippen molar-refractivity contribution < 1.29 is 14.3 Å². The Morgan fingerprint density at radius 3 is 2.90 bits per heavy atom. The van der Waals surface area contributed by atoms with Gasteiger partial charge in [0.05, 0.1) is 21.3 Å². The quantitative estimate of drug-likeness (QED) is 0.812. The lowest BCUT2D eigenvalue weighted by Crippen LogP contribution is -2.32. The average molecular weight is 290 g/mol. The number of carbonyl (C=O) groups excluding carboxylic acids is 2. The minimum atomic E-state index is -0.465. The van der Waals surface area contributed by atoms with Gasteiger partial charge in [-0.15, -0.1) is 11.3 Å². The summed E-state index contributed by atoms with van der Waals surface area (Å²) in [5.74, 6) is -0.581. The van der Waals surface area contributed by atoms with Gasteiger partial charge in [-0.25, -0.2) is 9.78 Å². The van der Waals surface area contributed by atoms with E-state index in [9.17, 15) is 9.59 Å². The van der Waals surface area contributed by atoms with Gasteiger partial charge < -0.3 is 9.64 Å². The predicted molar refractivity (Wildman–Crippen MR) is 75.7 cm³/mol. The molecule has 1 aromatic carbocycles. The smallest absolute Gasteiger partial charge is 0.338 e. The van der Waals surface area contributed by atoms with Crippen LogP contribution >= 0.6 is 11.3 Å². The summed E-state index contributed by atoms with van der Waals surface area (Å²) >= 11 is 1.47. The highest BCUT2D eigenvalue weighted by Crippen LogP contribution is 2.19. The minimum absolute atomic E-state index is 0.116. The molecule has 0 unspecified atom stereocenters. The molecule has 2 heterocycles. The highest BCUT2D eigenvalue weighted by Gasteiger charge is 2.19. The number of aromatic nitrogens is 1. The Balaban J connectivity index is 1.62. The van der Waals surface area contributed by atoms with Crippen LogP contribution in [0.3, 0.4) is 0 Å². The predicted octanol–water partition coefficient (Wildman–Crippen LogP) is 2.08. The maximum Gasteiger partial charge on any atom is 0.338 e. The Labute approximate surface area is 120 Å². The van der Waals surface area contributed by atoms with E-state index < -0.39 is 5.97 Å². The van der Waals surface area contributed by atoms with E-state index in [2.05, 4.69) is 4.98 Å². The number of fused-ring (bicyclic) bond motifs is 1. The van der Waals surface area contributed by atoms with Crippen LogP contribution in [0.5, 0.6) is 0 Å². The number of likely N-dealkylation sites (tertiary alicyclic amines) is 1. The number of thiazole rings is 1. The first-order valence-corrected chi connectivity index (χ1v) is 7.40. The van der Waals surface area contributed by atoms with E-state index in [1.165, 1.54) is 11.3 Å². The molecule has 2 aromatic rings. The summed E-state index contributed by atoms with van der Waals surface area (Å²) in [7, 11) is 0. The number of amides is 1. The Hall–Kier alpha value is -1.95. The van der Waals surface area contributed by atoms with Crippen molar-refractivity contribution in [3.05, 3.63) is 29.3 Å². The van der Waals surface area contributed by atoms with E-state index in [0.29, 0.717) is 5.56 Å². The second kappa shape index (κ2) is 5.58. The van der Waals surface area contributed by atoms with Gasteiger partial charge in [-0.05, 0) is 31.0 Å². The summed E-state index contributed by atoms with van der Waals surface area (Å²) < 4.78 is 6.02. The second-order valence-electron chi connectivity index (χ2n) is 4.70. The molecule has 1 aliphatic rings. The fourth-order valence-corrected chi connectivity index (χ4v) is 2.97. The van der Waals surface area contributed by atoms with Crippen molar-refractivity contribution in [2.75, 3.05) is 19.7 Å². The van der Waals surface area contributed by atoms with Gasteiger partial charge in [0, 0.05) is 13.1 Å². The van der Waals surface area contributed by atoms with Crippen molar-refractivity contribution in [3.8, 4) is 0 Å². The van der Waals surface area contributed by atoms with Crippen molar-refractivity contribution in [2.45, 2.75) is 12.8 Å². The topological polar surface area (TPSA) is 59.5 Å². The van der Waals surface area contributed by atoms with Gasteiger partial charge in [0.25, 0.3) is 5.91 Å². The molecule has 0 N–H and O–H groups in total. The van der Waals surface area contributed by atoms with Crippen LogP contribution in [0.25, 0.3) is 10.2 Å². The van der Waals surface area contributed by atoms with E-state index in [4.69, 9.17) is 4.74 Å². The standard InChI is InChI=1S/C14H14N2O3S/c17-13(16-5-1-2-6-16)8-19-14(18)10-3-4-11-12(7-10)20-9-15-11/h3-4,7,9H,1-2,5-6,8H2. The molecule has 0 atom stereocenters. The molecule has 0 spiro atoms. The second-order valence-corrected chi connectivity index (χ2v) is 5.59. The van der Waals surface area contributed by atoms with E-state index in [1.807, 2.05) is 0 Å². The first kappa shape index (κ1) is 13.1. The van der Waals surface area contributed by atoms with Gasteiger partial charge in [0.2, 0.25) is 0 Å². The van der Waals surface area contributed by atoms with Crippen molar-refractivity contribution >= 4 is 33.4 Å². The number of hydrogen-bond acceptors (Lipinski definition) is 5. The van der Waals surface area contributed by atoms with Crippen molar-refractivity contribution in [1.82, 2.24) is 9.88 Å². The fourth-order valence-electron chi connectivity index (χ4n) is 2.25. The lowest BCUT2D eigenvalue weighted by atomic mass is 10.2. The Morgan fingerprint density at radius 2 is 2.10 bits per heavy atom. The van der Waals surface area contributed by atoms with E-state index in [-0.39, 0.29) is 12.5 Å². The minimum Gasteiger partial charge on any atom is -0.452 e. The molecule has 1 fully saturated rings. The summed E-state index contributed by atoms with van der Waals surface area (Å²) in [5, 5.41) is 0. The molecule has 1 saturated heterocycles. The van der Waals surface area contributed by atoms with Crippen LogP contribution in [0, 0.1) is 0 Å². The summed E-state index contributed by atoms with van der Waals surface area (Å²) in [5.41, 5.74) is 3.05. The summed E-state index contributed by atoms with van der Waals surface area (Å²) in [4.78, 5) is 29.6. The fraction of sp³-hybridized carbons (Fsp3) is 0.357. The highest BCUT2D eigenvalue weighted by atomic mass is 32.1. The number of carbonyl (C=O) groups is 2. The number of hydrogen-bond donors (Lipinski definition) is 0. The Kier molecular flexibility index (Phi) is 3.64. The van der Waals surface area contributed by atoms with Crippen LogP contribution in [-0.2, 0) is 9.53 Å². The van der Waals surface area contributed by atoms with Crippen LogP contribution in [0.15, 0.2) is 23.7 Å². The molecular formula is C14H14N2O3S. The van der Waals surface area contributed by atoms with Crippen LogP contribution in [-0.4, -0.2) is 41.5 Å². The Morgan fingerprint density at radius 1 is 1.30 bits per heavy atom. The summed E-state index contributed by atoms with van der Waals surface area (Å²) in [6.07, 6.45) is 2.06. The van der Waals surface area contributed by atoms with E-state index in [0.717, 1.165) is 36.1 Å². The third-order valence-corrected chi connectivity index (χ3v) is 4.14. The number of esters is 1. The van der Waals surface area contributed by atoms with Gasteiger partial charge in [-0.3, -0.25) is 4.79 Å². The molecule has 0 saturated carbocycles. The first-order valence-electron chi connectivity index (χ1n) is 6.52. The first-order chi connectivity index (χ1) is 9.74. The molecule has 20 heavy (non-hydrogen) atoms. The third-order valence-electron chi connectivity index (χ3n) is 3.35. The van der Waals surface area contributed by atoms with Crippen molar-refractivity contribution in [1.29, 1.82) is 0 Å². The number of rotatable bonds is 3. The Bertz CT molecular complexity index is 647. The normalized spacial score (nSPS) is 14.7. The molecule has 0 radical (unpaired) electrons. The monoisotopic (exact) mass is 290 g/mol. The highest BCUT2D eigenvalue weighted by molar-refractivity contribution is 7.16. The lowest BCUT2D eigenvalue weighted by molar-refractivity contribution is -0.133. The van der Waals surface area contributed by atoms with Gasteiger partial charge in [-0.1, -0.05) is 0 Å². The summed E-state index contributed by atoms with van der Waals surface area (Å²) in [6, 6.07) is 5.20. The molecule has 0 aliphatic carbocycles. The van der Waals surface area contributed by atoms with Crippen LogP contribution in [0.1, 0.15) is 23.2 Å². The zero-order valence-electron chi connectivity index (χ0n) is 10.9. The van der Waals surface area contributed by atoms with Crippen molar-refractivity contribution in [3.63, 3.8) is 0 Å². The van der Waals surface area contributed by atoms with Gasteiger partial charge in [-0.2, -0.15) is 0 Å². The van der Waals surface area contributed by atoms with Gasteiger partial charge in [0.15, 0.2) is 6.61 Å². The maximum absolute atomic E-state index is 11.9. The molecular weight excluding hydrogens is 276 g/mol. The molecule has 6 heteroatoms. The number of nitrogens with zero attached hydrogens (tertiary/aromatic N) is 2. The zero-order chi connectivity index (χ0) is 13.9.